The summed E-state index contributed by atoms with van der Waals surface area (Å²) >= 11 is 0. The Labute approximate surface area is 214 Å². The lowest BCUT2D eigenvalue weighted by Crippen LogP contribution is -2.47. The molecule has 11 heteroatoms. The Hall–Kier alpha value is -2.92. The van der Waals surface area contributed by atoms with E-state index in [1.54, 1.807) is 12.1 Å². The normalized spacial score (nSPS) is 20.9. The van der Waals surface area contributed by atoms with Gasteiger partial charge in [-0.05, 0) is 48.4 Å². The van der Waals surface area contributed by atoms with E-state index in [4.69, 9.17) is 0 Å². The average Bonchev–Trinajstić information content (AvgIpc) is 3.68. The topological polar surface area (TPSA) is 84.0 Å². The molecular formula is C26H29F3N2O5S. The van der Waals surface area contributed by atoms with Crippen LogP contribution in [0, 0.1) is 5.92 Å². The van der Waals surface area contributed by atoms with Gasteiger partial charge in [-0.1, -0.05) is 42.5 Å². The number of ether oxygens (including phenoxy) is 1. The number of rotatable bonds is 8. The molecule has 2 aromatic carbocycles. The van der Waals surface area contributed by atoms with Crippen molar-refractivity contribution < 1.29 is 35.9 Å². The molecule has 1 amide bonds. The van der Waals surface area contributed by atoms with Crippen molar-refractivity contribution >= 4 is 21.9 Å². The Balaban J connectivity index is 1.36. The van der Waals surface area contributed by atoms with Crippen LogP contribution in [0.1, 0.15) is 46.7 Å². The maximum Gasteiger partial charge on any atom is 0.471 e. The third-order valence-corrected chi connectivity index (χ3v) is 8.88. The van der Waals surface area contributed by atoms with Gasteiger partial charge in [0.05, 0.1) is 18.4 Å². The Morgan fingerprint density at radius 3 is 2.22 bits per heavy atom. The number of esters is 1. The van der Waals surface area contributed by atoms with Gasteiger partial charge in [-0.15, -0.1) is 0 Å². The van der Waals surface area contributed by atoms with Crippen molar-refractivity contribution in [2.45, 2.75) is 43.2 Å². The quantitative estimate of drug-likeness (QED) is 0.475. The number of nitrogens with zero attached hydrogens (tertiary/aromatic N) is 2. The van der Waals surface area contributed by atoms with Gasteiger partial charge in [-0.3, -0.25) is 4.79 Å². The molecule has 0 N–H and O–H groups in total. The molecule has 1 saturated heterocycles. The summed E-state index contributed by atoms with van der Waals surface area (Å²) in [7, 11) is -2.40. The molecule has 1 saturated carbocycles. The van der Waals surface area contributed by atoms with E-state index in [2.05, 4.69) is 4.74 Å². The van der Waals surface area contributed by atoms with Crippen molar-refractivity contribution in [3.05, 3.63) is 71.3 Å². The molecule has 2 aliphatic rings. The van der Waals surface area contributed by atoms with E-state index in [1.165, 1.54) is 23.5 Å². The summed E-state index contributed by atoms with van der Waals surface area (Å²) < 4.78 is 72.0. The van der Waals surface area contributed by atoms with Gasteiger partial charge in [0.1, 0.15) is 0 Å². The number of hydrogen-bond acceptors (Lipinski definition) is 5. The van der Waals surface area contributed by atoms with Crippen molar-refractivity contribution in [1.29, 1.82) is 0 Å². The fourth-order valence-electron chi connectivity index (χ4n) is 4.92. The molecule has 0 bridgehead atoms. The van der Waals surface area contributed by atoms with Gasteiger partial charge < -0.3 is 9.64 Å². The lowest BCUT2D eigenvalue weighted by molar-refractivity contribution is -0.187. The molecule has 2 aromatic rings. The smallest absolute Gasteiger partial charge is 0.465 e. The Morgan fingerprint density at radius 2 is 1.65 bits per heavy atom. The molecule has 4 rings (SSSR count). The number of sulfonamides is 1. The van der Waals surface area contributed by atoms with E-state index >= 15 is 0 Å². The molecule has 200 valence electrons. The average molecular weight is 539 g/mol. The van der Waals surface area contributed by atoms with E-state index in [0.717, 1.165) is 10.5 Å². The lowest BCUT2D eigenvalue weighted by atomic mass is 9.97. The first-order valence-corrected chi connectivity index (χ1v) is 13.7. The number of carbonyl (C=O) groups excluding carboxylic acids is 2. The summed E-state index contributed by atoms with van der Waals surface area (Å²) in [5, 5.41) is 0. The second-order valence-electron chi connectivity index (χ2n) is 9.56. The van der Waals surface area contributed by atoms with Crippen molar-refractivity contribution in [2.75, 3.05) is 26.7 Å². The molecule has 1 heterocycles. The zero-order valence-electron chi connectivity index (χ0n) is 20.4. The fourth-order valence-corrected chi connectivity index (χ4v) is 6.48. The number of piperidine rings is 1. The third-order valence-electron chi connectivity index (χ3n) is 7.03. The summed E-state index contributed by atoms with van der Waals surface area (Å²) in [6.07, 6.45) is -3.75. The van der Waals surface area contributed by atoms with Gasteiger partial charge in [-0.25, -0.2) is 17.5 Å². The fraction of sp³-hybridized carbons (Fsp3) is 0.462. The van der Waals surface area contributed by atoms with Gasteiger partial charge in [0, 0.05) is 31.6 Å². The zero-order valence-corrected chi connectivity index (χ0v) is 21.2. The summed E-state index contributed by atoms with van der Waals surface area (Å²) in [6, 6.07) is 14.8. The first-order valence-electron chi connectivity index (χ1n) is 12.1. The summed E-state index contributed by atoms with van der Waals surface area (Å²) in [5.74, 6) is -2.96. The summed E-state index contributed by atoms with van der Waals surface area (Å²) in [6.45, 7) is 0.303. The van der Waals surface area contributed by atoms with Crippen LogP contribution in [0.4, 0.5) is 13.2 Å². The van der Waals surface area contributed by atoms with E-state index < -0.39 is 34.1 Å². The van der Waals surface area contributed by atoms with Crippen molar-refractivity contribution in [3.63, 3.8) is 0 Å². The second-order valence-corrected chi connectivity index (χ2v) is 11.5. The monoisotopic (exact) mass is 538 g/mol. The SMILES string of the molecule is COC(=O)c1ccc(CS(=O)(=O)N2CCC(CN(C(=O)C(F)(F)F)C3CC3c3ccccc3)CC2)cc1. The minimum absolute atomic E-state index is 0.0464. The maximum atomic E-state index is 13.4. The molecule has 1 aliphatic heterocycles. The van der Waals surface area contributed by atoms with Gasteiger partial charge in [0.2, 0.25) is 10.0 Å². The van der Waals surface area contributed by atoms with Crippen LogP contribution in [0.2, 0.25) is 0 Å². The molecule has 2 atom stereocenters. The molecule has 2 fully saturated rings. The number of methoxy groups -OCH3 is 1. The minimum Gasteiger partial charge on any atom is -0.465 e. The first-order chi connectivity index (χ1) is 17.5. The highest BCUT2D eigenvalue weighted by atomic mass is 32.2. The molecule has 0 spiro atoms. The Kier molecular flexibility index (Phi) is 7.94. The van der Waals surface area contributed by atoms with Gasteiger partial charge in [0.25, 0.3) is 0 Å². The highest BCUT2D eigenvalue weighted by Gasteiger charge is 2.52. The predicted molar refractivity (Wildman–Crippen MR) is 130 cm³/mol. The van der Waals surface area contributed by atoms with Crippen LogP contribution >= 0.6 is 0 Å². The molecule has 1 aliphatic carbocycles. The Bertz CT molecular complexity index is 1210. The molecule has 7 nitrogen and oxygen atoms in total. The van der Waals surface area contributed by atoms with Crippen LogP contribution in [0.15, 0.2) is 54.6 Å². The highest BCUT2D eigenvalue weighted by molar-refractivity contribution is 7.88. The van der Waals surface area contributed by atoms with Crippen LogP contribution in [0.5, 0.6) is 0 Å². The third kappa shape index (κ3) is 6.51. The van der Waals surface area contributed by atoms with Crippen molar-refractivity contribution in [2.24, 2.45) is 5.92 Å². The van der Waals surface area contributed by atoms with Gasteiger partial charge in [0.15, 0.2) is 0 Å². The molecule has 0 radical (unpaired) electrons. The molecule has 37 heavy (non-hydrogen) atoms. The number of hydrogen-bond donors (Lipinski definition) is 0. The minimum atomic E-state index is -4.96. The highest BCUT2D eigenvalue weighted by Crippen LogP contribution is 2.46. The number of amides is 1. The molecular weight excluding hydrogens is 509 g/mol. The van der Waals surface area contributed by atoms with Gasteiger partial charge >= 0.3 is 18.1 Å². The maximum absolute atomic E-state index is 13.4. The van der Waals surface area contributed by atoms with Crippen LogP contribution < -0.4 is 0 Å². The van der Waals surface area contributed by atoms with Gasteiger partial charge in [-0.2, -0.15) is 13.2 Å². The molecule has 0 aromatic heterocycles. The first kappa shape index (κ1) is 27.1. The predicted octanol–water partition coefficient (Wildman–Crippen LogP) is 3.96. The van der Waals surface area contributed by atoms with Crippen LogP contribution in [0.25, 0.3) is 0 Å². The van der Waals surface area contributed by atoms with E-state index in [9.17, 15) is 31.2 Å². The number of carbonyl (C=O) groups is 2. The molecule has 2 unspecified atom stereocenters. The summed E-state index contributed by atoms with van der Waals surface area (Å²) in [5.41, 5.74) is 1.73. The van der Waals surface area contributed by atoms with E-state index in [-0.39, 0.29) is 37.2 Å². The lowest BCUT2D eigenvalue weighted by Gasteiger charge is -2.35. The number of benzene rings is 2. The van der Waals surface area contributed by atoms with E-state index in [0.29, 0.717) is 30.4 Å². The van der Waals surface area contributed by atoms with E-state index in [1.807, 2.05) is 30.3 Å². The standard InChI is InChI=1S/C26H29F3N2O5S/c1-36-24(32)21-9-7-19(8-10-21)17-37(34,35)30-13-11-18(12-14-30)16-31(25(33)26(27,28)29)23-15-22(23)20-5-3-2-4-6-20/h2-10,18,22-23H,11-17H2,1H3. The second kappa shape index (κ2) is 10.8. The van der Waals surface area contributed by atoms with Crippen LogP contribution in [0.3, 0.4) is 0 Å². The summed E-state index contributed by atoms with van der Waals surface area (Å²) in [4.78, 5) is 24.8. The van der Waals surface area contributed by atoms with Crippen LogP contribution in [-0.2, 0) is 25.3 Å². The Morgan fingerprint density at radius 1 is 1.03 bits per heavy atom. The largest absolute Gasteiger partial charge is 0.471 e. The zero-order chi connectivity index (χ0) is 26.8. The number of halogens is 3. The van der Waals surface area contributed by atoms with Crippen molar-refractivity contribution in [1.82, 2.24) is 9.21 Å². The van der Waals surface area contributed by atoms with Crippen LogP contribution in [-0.4, -0.2) is 68.5 Å². The number of alkyl halides is 3. The van der Waals surface area contributed by atoms with Crippen molar-refractivity contribution in [3.8, 4) is 0 Å².